The third-order valence-corrected chi connectivity index (χ3v) is 2.49. The molecule has 96 valence electrons. The molecule has 1 N–H and O–H groups in total. The molecule has 0 spiro atoms. The van der Waals surface area contributed by atoms with Gasteiger partial charge in [-0.25, -0.2) is 0 Å². The Bertz CT molecular complexity index is 174. The van der Waals surface area contributed by atoms with Gasteiger partial charge in [0, 0.05) is 6.61 Å². The standard InChI is InChI=1S/C12H25NO3/c1-3-13(11-12(15)16-4-2)9-7-5-6-8-10-14/h14H,3-11H2,1-2H3. The van der Waals surface area contributed by atoms with Gasteiger partial charge >= 0.3 is 5.97 Å². The summed E-state index contributed by atoms with van der Waals surface area (Å²) in [4.78, 5) is 13.3. The van der Waals surface area contributed by atoms with E-state index in [4.69, 9.17) is 9.84 Å². The first-order valence-electron chi connectivity index (χ1n) is 6.23. The Morgan fingerprint density at radius 1 is 1.19 bits per heavy atom. The predicted molar refractivity (Wildman–Crippen MR) is 64.3 cm³/mol. The number of esters is 1. The van der Waals surface area contributed by atoms with Gasteiger partial charge in [-0.15, -0.1) is 0 Å². The van der Waals surface area contributed by atoms with Gasteiger partial charge in [0.25, 0.3) is 0 Å². The Morgan fingerprint density at radius 3 is 2.44 bits per heavy atom. The Morgan fingerprint density at radius 2 is 1.88 bits per heavy atom. The molecule has 0 rings (SSSR count). The van der Waals surface area contributed by atoms with Gasteiger partial charge in [-0.05, 0) is 32.9 Å². The minimum absolute atomic E-state index is 0.139. The van der Waals surface area contributed by atoms with Crippen molar-refractivity contribution in [3.8, 4) is 0 Å². The lowest BCUT2D eigenvalue weighted by Crippen LogP contribution is -2.31. The number of nitrogens with zero attached hydrogens (tertiary/aromatic N) is 1. The topological polar surface area (TPSA) is 49.8 Å². The molecule has 0 unspecified atom stereocenters. The molecule has 0 bridgehead atoms. The molecule has 0 fully saturated rings. The van der Waals surface area contributed by atoms with Gasteiger partial charge in [0.2, 0.25) is 0 Å². The molecule has 0 atom stereocenters. The second-order valence-electron chi connectivity index (χ2n) is 3.81. The van der Waals surface area contributed by atoms with Crippen LogP contribution < -0.4 is 0 Å². The second-order valence-corrected chi connectivity index (χ2v) is 3.81. The van der Waals surface area contributed by atoms with Crippen LogP contribution in [0.15, 0.2) is 0 Å². The predicted octanol–water partition coefficient (Wildman–Crippen LogP) is 1.42. The van der Waals surface area contributed by atoms with Crippen molar-refractivity contribution in [2.75, 3.05) is 32.8 Å². The Hall–Kier alpha value is -0.610. The van der Waals surface area contributed by atoms with E-state index >= 15 is 0 Å². The summed E-state index contributed by atoms with van der Waals surface area (Å²) >= 11 is 0. The molecule has 4 nitrogen and oxygen atoms in total. The first kappa shape index (κ1) is 15.4. The first-order chi connectivity index (χ1) is 7.74. The van der Waals surface area contributed by atoms with Crippen LogP contribution >= 0.6 is 0 Å². The number of aliphatic hydroxyl groups is 1. The maximum Gasteiger partial charge on any atom is 0.320 e. The zero-order valence-corrected chi connectivity index (χ0v) is 10.6. The zero-order valence-electron chi connectivity index (χ0n) is 10.6. The highest BCUT2D eigenvalue weighted by Gasteiger charge is 2.08. The summed E-state index contributed by atoms with van der Waals surface area (Å²) in [5.41, 5.74) is 0. The maximum absolute atomic E-state index is 11.3. The van der Waals surface area contributed by atoms with Crippen molar-refractivity contribution < 1.29 is 14.6 Å². The zero-order chi connectivity index (χ0) is 12.2. The van der Waals surface area contributed by atoms with E-state index < -0.39 is 0 Å². The number of carbonyl (C=O) groups is 1. The number of hydrogen-bond donors (Lipinski definition) is 1. The molecule has 0 amide bonds. The summed E-state index contributed by atoms with van der Waals surface area (Å²) in [5, 5.41) is 8.63. The molecule has 0 saturated carbocycles. The smallest absolute Gasteiger partial charge is 0.320 e. The summed E-state index contributed by atoms with van der Waals surface area (Å²) in [6, 6.07) is 0. The Labute approximate surface area is 98.6 Å². The molecule has 4 heteroatoms. The highest BCUT2D eigenvalue weighted by molar-refractivity contribution is 5.71. The van der Waals surface area contributed by atoms with Crippen molar-refractivity contribution in [3.63, 3.8) is 0 Å². The number of aliphatic hydroxyl groups excluding tert-OH is 1. The lowest BCUT2D eigenvalue weighted by Gasteiger charge is -2.18. The molecular weight excluding hydrogens is 206 g/mol. The fraction of sp³-hybridized carbons (Fsp3) is 0.917. The van der Waals surface area contributed by atoms with Gasteiger partial charge in [-0.3, -0.25) is 9.69 Å². The van der Waals surface area contributed by atoms with E-state index in [-0.39, 0.29) is 12.6 Å². The molecule has 0 aliphatic carbocycles. The van der Waals surface area contributed by atoms with Crippen molar-refractivity contribution in [2.24, 2.45) is 0 Å². The van der Waals surface area contributed by atoms with Gasteiger partial charge in [-0.1, -0.05) is 19.8 Å². The van der Waals surface area contributed by atoms with Crippen molar-refractivity contribution in [1.82, 2.24) is 4.90 Å². The van der Waals surface area contributed by atoms with Gasteiger partial charge in [0.05, 0.1) is 13.2 Å². The molecular formula is C12H25NO3. The molecule has 16 heavy (non-hydrogen) atoms. The van der Waals surface area contributed by atoms with Gasteiger partial charge in [0.1, 0.15) is 0 Å². The van der Waals surface area contributed by atoms with Gasteiger partial charge in [0.15, 0.2) is 0 Å². The third kappa shape index (κ3) is 8.68. The quantitative estimate of drug-likeness (QED) is 0.456. The summed E-state index contributed by atoms with van der Waals surface area (Å²) in [5.74, 6) is -0.139. The van der Waals surface area contributed by atoms with E-state index in [2.05, 4.69) is 4.90 Å². The lowest BCUT2D eigenvalue weighted by molar-refractivity contribution is -0.144. The average Bonchev–Trinajstić information content (AvgIpc) is 2.27. The molecule has 0 heterocycles. The van der Waals surface area contributed by atoms with Crippen LogP contribution in [0.2, 0.25) is 0 Å². The van der Waals surface area contributed by atoms with E-state index in [0.717, 1.165) is 38.8 Å². The molecule has 0 aromatic carbocycles. The first-order valence-corrected chi connectivity index (χ1v) is 6.23. The number of hydrogen-bond acceptors (Lipinski definition) is 4. The normalized spacial score (nSPS) is 10.8. The van der Waals surface area contributed by atoms with Crippen LogP contribution in [0.1, 0.15) is 39.5 Å². The number of likely N-dealkylation sites (N-methyl/N-ethyl adjacent to an activating group) is 1. The van der Waals surface area contributed by atoms with E-state index in [1.54, 1.807) is 0 Å². The van der Waals surface area contributed by atoms with E-state index in [0.29, 0.717) is 13.2 Å². The van der Waals surface area contributed by atoms with Crippen LogP contribution in [0.5, 0.6) is 0 Å². The highest BCUT2D eigenvalue weighted by Crippen LogP contribution is 2.01. The monoisotopic (exact) mass is 231 g/mol. The lowest BCUT2D eigenvalue weighted by atomic mass is 10.2. The highest BCUT2D eigenvalue weighted by atomic mass is 16.5. The van der Waals surface area contributed by atoms with Crippen LogP contribution in [0.3, 0.4) is 0 Å². The second kappa shape index (κ2) is 10.9. The molecule has 0 saturated heterocycles. The maximum atomic E-state index is 11.3. The largest absolute Gasteiger partial charge is 0.465 e. The fourth-order valence-corrected chi connectivity index (χ4v) is 1.54. The number of carbonyl (C=O) groups excluding carboxylic acids is 1. The van der Waals surface area contributed by atoms with Crippen molar-refractivity contribution in [2.45, 2.75) is 39.5 Å². The van der Waals surface area contributed by atoms with Crippen LogP contribution in [0.4, 0.5) is 0 Å². The van der Waals surface area contributed by atoms with Crippen molar-refractivity contribution in [1.29, 1.82) is 0 Å². The summed E-state index contributed by atoms with van der Waals surface area (Å²) in [6.07, 6.45) is 4.13. The third-order valence-electron chi connectivity index (χ3n) is 2.49. The average molecular weight is 231 g/mol. The number of ether oxygens (including phenoxy) is 1. The molecule has 0 aromatic rings. The summed E-state index contributed by atoms with van der Waals surface area (Å²) in [6.45, 7) is 6.80. The van der Waals surface area contributed by atoms with Crippen LogP contribution in [0.25, 0.3) is 0 Å². The van der Waals surface area contributed by atoms with E-state index in [9.17, 15) is 4.79 Å². The molecule has 0 aliphatic heterocycles. The number of rotatable bonds is 10. The molecule has 0 radical (unpaired) electrons. The molecule has 0 aromatic heterocycles. The van der Waals surface area contributed by atoms with Gasteiger partial charge in [-0.2, -0.15) is 0 Å². The van der Waals surface area contributed by atoms with Crippen LogP contribution in [0, 0.1) is 0 Å². The van der Waals surface area contributed by atoms with Gasteiger partial charge < -0.3 is 9.84 Å². The summed E-state index contributed by atoms with van der Waals surface area (Å²) < 4.78 is 4.91. The van der Waals surface area contributed by atoms with Crippen LogP contribution in [-0.4, -0.2) is 48.8 Å². The minimum Gasteiger partial charge on any atom is -0.465 e. The minimum atomic E-state index is -0.139. The van der Waals surface area contributed by atoms with E-state index in [1.165, 1.54) is 0 Å². The fourth-order valence-electron chi connectivity index (χ4n) is 1.54. The van der Waals surface area contributed by atoms with Crippen molar-refractivity contribution in [3.05, 3.63) is 0 Å². The van der Waals surface area contributed by atoms with E-state index in [1.807, 2.05) is 13.8 Å². The number of unbranched alkanes of at least 4 members (excludes halogenated alkanes) is 3. The summed E-state index contributed by atoms with van der Waals surface area (Å²) in [7, 11) is 0. The Balaban J connectivity index is 3.54. The SMILES string of the molecule is CCOC(=O)CN(CC)CCCCCCO. The Kier molecular flexibility index (Phi) is 10.5. The molecule has 0 aliphatic rings. The van der Waals surface area contributed by atoms with Crippen LogP contribution in [-0.2, 0) is 9.53 Å². The van der Waals surface area contributed by atoms with Crippen molar-refractivity contribution >= 4 is 5.97 Å².